The van der Waals surface area contributed by atoms with E-state index in [4.69, 9.17) is 5.73 Å². The van der Waals surface area contributed by atoms with Gasteiger partial charge in [-0.15, -0.1) is 0 Å². The molecule has 0 bridgehead atoms. The Labute approximate surface area is 99.0 Å². The van der Waals surface area contributed by atoms with Crippen molar-refractivity contribution in [1.82, 2.24) is 10.2 Å². The molecule has 0 aliphatic carbocycles. The van der Waals surface area contributed by atoms with E-state index in [1.54, 1.807) is 24.4 Å². The lowest BCUT2D eigenvalue weighted by atomic mass is 10.1. The van der Waals surface area contributed by atoms with E-state index < -0.39 is 5.91 Å². The summed E-state index contributed by atoms with van der Waals surface area (Å²) in [6, 6.07) is 9.08. The predicted octanol–water partition coefficient (Wildman–Crippen LogP) is 1.68. The average Bonchev–Trinajstić information content (AvgIpc) is 2.82. The summed E-state index contributed by atoms with van der Waals surface area (Å²) in [5.74, 6) is -0.428. The largest absolute Gasteiger partial charge is 0.377 e. The zero-order chi connectivity index (χ0) is 12.3. The maximum Gasteiger partial charge on any atom is 0.248 e. The fraction of sp³-hybridized carbons (Fsp3) is 0.167. The number of nitrogens with one attached hydrogen (secondary N) is 2. The lowest BCUT2D eigenvalue weighted by Gasteiger charge is -2.13. The third kappa shape index (κ3) is 2.63. The molecule has 1 unspecified atom stereocenters. The number of rotatable bonds is 4. The van der Waals surface area contributed by atoms with Gasteiger partial charge in [0.15, 0.2) is 0 Å². The second kappa shape index (κ2) is 4.69. The molecular weight excluding hydrogens is 216 g/mol. The molecule has 17 heavy (non-hydrogen) atoms. The van der Waals surface area contributed by atoms with Crippen molar-refractivity contribution in [2.45, 2.75) is 13.0 Å². The number of anilines is 1. The average molecular weight is 230 g/mol. The van der Waals surface area contributed by atoms with Crippen molar-refractivity contribution in [2.75, 3.05) is 5.32 Å². The van der Waals surface area contributed by atoms with Gasteiger partial charge in [-0.1, -0.05) is 6.07 Å². The van der Waals surface area contributed by atoms with Gasteiger partial charge in [0.05, 0.1) is 11.7 Å². The highest BCUT2D eigenvalue weighted by molar-refractivity contribution is 5.93. The molecule has 0 saturated carbocycles. The summed E-state index contributed by atoms with van der Waals surface area (Å²) in [5.41, 5.74) is 7.55. The topological polar surface area (TPSA) is 83.8 Å². The van der Waals surface area contributed by atoms with Crippen molar-refractivity contribution in [1.29, 1.82) is 0 Å². The Morgan fingerprint density at radius 2 is 2.29 bits per heavy atom. The van der Waals surface area contributed by atoms with Crippen molar-refractivity contribution in [3.8, 4) is 0 Å². The number of benzene rings is 1. The Bertz CT molecular complexity index is 507. The van der Waals surface area contributed by atoms with Gasteiger partial charge in [0.25, 0.3) is 0 Å². The second-order valence-corrected chi connectivity index (χ2v) is 3.82. The van der Waals surface area contributed by atoms with E-state index in [9.17, 15) is 4.79 Å². The van der Waals surface area contributed by atoms with Crippen molar-refractivity contribution in [3.05, 3.63) is 47.8 Å². The summed E-state index contributed by atoms with van der Waals surface area (Å²) >= 11 is 0. The quantitative estimate of drug-likeness (QED) is 0.747. The zero-order valence-corrected chi connectivity index (χ0v) is 9.47. The fourth-order valence-corrected chi connectivity index (χ4v) is 1.60. The van der Waals surface area contributed by atoms with Crippen LogP contribution >= 0.6 is 0 Å². The maximum atomic E-state index is 11.0. The normalized spacial score (nSPS) is 12.1. The van der Waals surface area contributed by atoms with Crippen LogP contribution in [0.1, 0.15) is 29.0 Å². The van der Waals surface area contributed by atoms with Crippen LogP contribution in [0, 0.1) is 0 Å². The van der Waals surface area contributed by atoms with Crippen LogP contribution in [0.15, 0.2) is 36.5 Å². The number of hydrogen-bond donors (Lipinski definition) is 3. The van der Waals surface area contributed by atoms with Crippen molar-refractivity contribution in [3.63, 3.8) is 0 Å². The van der Waals surface area contributed by atoms with Crippen molar-refractivity contribution >= 4 is 11.6 Å². The first-order valence-electron chi connectivity index (χ1n) is 5.32. The maximum absolute atomic E-state index is 11.0. The predicted molar refractivity (Wildman–Crippen MR) is 65.6 cm³/mol. The molecule has 1 aromatic carbocycles. The van der Waals surface area contributed by atoms with Gasteiger partial charge in [-0.3, -0.25) is 9.89 Å². The number of carbonyl (C=O) groups excluding carboxylic acids is 1. The molecule has 0 radical (unpaired) electrons. The molecule has 2 rings (SSSR count). The highest BCUT2D eigenvalue weighted by Gasteiger charge is 2.07. The van der Waals surface area contributed by atoms with Gasteiger partial charge in [-0.2, -0.15) is 5.10 Å². The van der Waals surface area contributed by atoms with Crippen molar-refractivity contribution < 1.29 is 4.79 Å². The van der Waals surface area contributed by atoms with Gasteiger partial charge in [0.2, 0.25) is 5.91 Å². The summed E-state index contributed by atoms with van der Waals surface area (Å²) in [6.07, 6.45) is 1.70. The van der Waals surface area contributed by atoms with Crippen LogP contribution in [-0.2, 0) is 0 Å². The molecule has 1 amide bonds. The minimum Gasteiger partial charge on any atom is -0.377 e. The van der Waals surface area contributed by atoms with E-state index in [2.05, 4.69) is 15.5 Å². The van der Waals surface area contributed by atoms with Crippen LogP contribution in [0.3, 0.4) is 0 Å². The molecule has 2 aromatic rings. The van der Waals surface area contributed by atoms with Gasteiger partial charge < -0.3 is 11.1 Å². The molecule has 0 saturated heterocycles. The molecule has 1 aromatic heterocycles. The smallest absolute Gasteiger partial charge is 0.248 e. The molecule has 5 nitrogen and oxygen atoms in total. The van der Waals surface area contributed by atoms with Crippen LogP contribution in [-0.4, -0.2) is 16.1 Å². The summed E-state index contributed by atoms with van der Waals surface area (Å²) in [5, 5.41) is 10.0. The van der Waals surface area contributed by atoms with Gasteiger partial charge >= 0.3 is 0 Å². The monoisotopic (exact) mass is 230 g/mol. The molecular formula is C12H14N4O. The molecule has 5 heteroatoms. The number of amides is 1. The van der Waals surface area contributed by atoms with E-state index in [1.165, 1.54) is 0 Å². The number of primary amides is 1. The Hall–Kier alpha value is -2.30. The van der Waals surface area contributed by atoms with E-state index in [0.717, 1.165) is 11.4 Å². The standard InChI is InChI=1S/C12H14N4O/c1-8(11-5-6-14-16-11)15-10-4-2-3-9(7-10)12(13)17/h2-8,15H,1H3,(H2,13,17)(H,14,16). The summed E-state index contributed by atoms with van der Waals surface area (Å²) in [4.78, 5) is 11.0. The van der Waals surface area contributed by atoms with Gasteiger partial charge in [0.1, 0.15) is 0 Å². The third-order valence-corrected chi connectivity index (χ3v) is 2.52. The number of H-pyrrole nitrogens is 1. The van der Waals surface area contributed by atoms with Crippen LogP contribution in [0.5, 0.6) is 0 Å². The molecule has 1 heterocycles. The minimum absolute atomic E-state index is 0.0839. The first-order valence-corrected chi connectivity index (χ1v) is 5.32. The summed E-state index contributed by atoms with van der Waals surface area (Å²) < 4.78 is 0. The lowest BCUT2D eigenvalue weighted by molar-refractivity contribution is 0.100. The van der Waals surface area contributed by atoms with E-state index in [1.807, 2.05) is 19.1 Å². The Morgan fingerprint density at radius 3 is 2.94 bits per heavy atom. The fourth-order valence-electron chi connectivity index (χ4n) is 1.60. The SMILES string of the molecule is CC(Nc1cccc(C(N)=O)c1)c1ccn[nH]1. The summed E-state index contributed by atoms with van der Waals surface area (Å²) in [7, 11) is 0. The lowest BCUT2D eigenvalue weighted by Crippen LogP contribution is -2.12. The van der Waals surface area contributed by atoms with E-state index in [-0.39, 0.29) is 6.04 Å². The molecule has 4 N–H and O–H groups in total. The van der Waals surface area contributed by atoms with Crippen molar-refractivity contribution in [2.24, 2.45) is 5.73 Å². The first-order chi connectivity index (χ1) is 8.16. The van der Waals surface area contributed by atoms with Gasteiger partial charge in [0, 0.05) is 17.4 Å². The molecule has 0 aliphatic rings. The number of carbonyl (C=O) groups is 1. The Morgan fingerprint density at radius 1 is 1.47 bits per heavy atom. The molecule has 0 fully saturated rings. The Kier molecular flexibility index (Phi) is 3.09. The number of hydrogen-bond acceptors (Lipinski definition) is 3. The molecule has 0 spiro atoms. The van der Waals surface area contributed by atoms with Crippen LogP contribution < -0.4 is 11.1 Å². The van der Waals surface area contributed by atoms with Crippen LogP contribution in [0.4, 0.5) is 5.69 Å². The van der Waals surface area contributed by atoms with Gasteiger partial charge in [-0.25, -0.2) is 0 Å². The molecule has 0 aliphatic heterocycles. The Balaban J connectivity index is 2.13. The zero-order valence-electron chi connectivity index (χ0n) is 9.47. The minimum atomic E-state index is -0.428. The number of aromatic nitrogens is 2. The van der Waals surface area contributed by atoms with E-state index >= 15 is 0 Å². The summed E-state index contributed by atoms with van der Waals surface area (Å²) in [6.45, 7) is 2.00. The molecule has 88 valence electrons. The highest BCUT2D eigenvalue weighted by Crippen LogP contribution is 2.18. The molecule has 1 atom stereocenters. The van der Waals surface area contributed by atoms with Crippen LogP contribution in [0.25, 0.3) is 0 Å². The number of nitrogens with two attached hydrogens (primary N) is 1. The van der Waals surface area contributed by atoms with E-state index in [0.29, 0.717) is 5.56 Å². The highest BCUT2D eigenvalue weighted by atomic mass is 16.1. The number of nitrogens with zero attached hydrogens (tertiary/aromatic N) is 1. The first kappa shape index (κ1) is 11.2. The third-order valence-electron chi connectivity index (χ3n) is 2.52. The van der Waals surface area contributed by atoms with Gasteiger partial charge in [-0.05, 0) is 31.2 Å². The van der Waals surface area contributed by atoms with Crippen LogP contribution in [0.2, 0.25) is 0 Å². The number of aromatic amines is 1. The second-order valence-electron chi connectivity index (χ2n) is 3.82.